The van der Waals surface area contributed by atoms with Crippen LogP contribution in [0.1, 0.15) is 88.4 Å². The minimum atomic E-state index is -0.843. The van der Waals surface area contributed by atoms with Crippen molar-refractivity contribution in [2.45, 2.75) is 83.3 Å². The molecule has 2 unspecified atom stereocenters. The van der Waals surface area contributed by atoms with Crippen molar-refractivity contribution in [3.8, 4) is 0 Å². The van der Waals surface area contributed by atoms with Crippen molar-refractivity contribution in [1.82, 2.24) is 0 Å². The molecule has 0 aliphatic heterocycles. The van der Waals surface area contributed by atoms with Gasteiger partial charge in [-0.25, -0.2) is 0 Å². The Hall–Kier alpha value is -1.91. The smallest absolute Gasteiger partial charge is 0.303 e. The maximum Gasteiger partial charge on any atom is 0.303 e. The third kappa shape index (κ3) is 11.1. The van der Waals surface area contributed by atoms with E-state index in [4.69, 9.17) is 5.11 Å². The average Bonchev–Trinajstić information content (AvgIpc) is 2.68. The highest BCUT2D eigenvalue weighted by molar-refractivity contribution is 5.66. The van der Waals surface area contributed by atoms with Gasteiger partial charge < -0.3 is 15.3 Å². The average molecular weight is 389 g/mol. The van der Waals surface area contributed by atoms with Crippen LogP contribution in [-0.2, 0) is 4.79 Å². The van der Waals surface area contributed by atoms with E-state index in [0.717, 1.165) is 24.0 Å². The second kappa shape index (κ2) is 15.1. The summed E-state index contributed by atoms with van der Waals surface area (Å²) in [5.41, 5.74) is 1.70. The second-order valence-electron chi connectivity index (χ2n) is 7.30. The third-order valence-corrected chi connectivity index (χ3v) is 4.80. The first kappa shape index (κ1) is 24.1. The summed E-state index contributed by atoms with van der Waals surface area (Å²) in [4.78, 5) is 10.6. The van der Waals surface area contributed by atoms with Crippen molar-refractivity contribution in [1.29, 1.82) is 0 Å². The van der Waals surface area contributed by atoms with Crippen LogP contribution >= 0.6 is 0 Å². The van der Waals surface area contributed by atoms with Gasteiger partial charge in [0.05, 0.1) is 12.2 Å². The molecule has 0 heterocycles. The van der Waals surface area contributed by atoms with Crippen molar-refractivity contribution in [3.05, 3.63) is 53.6 Å². The van der Waals surface area contributed by atoms with Gasteiger partial charge in [-0.05, 0) is 30.4 Å². The molecule has 0 bridgehead atoms. The Balaban J connectivity index is 2.44. The standard InChI is InChI=1S/C24H36O4/c1-2-3-4-5-6-7-15-21(25)16-10-8-13-20-14-9-11-17-22(20)23(26)18-12-19-24(27)28/h8-11,13-14,16-17,21,23,25-26H,2-7,12,15,18-19H2,1H3,(H,27,28). The summed E-state index contributed by atoms with van der Waals surface area (Å²) in [6.07, 6.45) is 15.3. The molecule has 2 atom stereocenters. The van der Waals surface area contributed by atoms with Crippen LogP contribution < -0.4 is 0 Å². The molecule has 0 fully saturated rings. The molecule has 4 nitrogen and oxygen atoms in total. The van der Waals surface area contributed by atoms with Gasteiger partial charge in [-0.15, -0.1) is 0 Å². The Morgan fingerprint density at radius 1 is 0.964 bits per heavy atom. The molecule has 0 aliphatic carbocycles. The number of unbranched alkanes of at least 4 members (excludes halogenated alkanes) is 5. The minimum Gasteiger partial charge on any atom is -0.481 e. The van der Waals surface area contributed by atoms with Gasteiger partial charge in [0.1, 0.15) is 0 Å². The number of benzene rings is 1. The van der Waals surface area contributed by atoms with E-state index in [1.54, 1.807) is 6.08 Å². The van der Waals surface area contributed by atoms with Crippen LogP contribution in [0.15, 0.2) is 42.5 Å². The molecule has 0 spiro atoms. The van der Waals surface area contributed by atoms with Crippen molar-refractivity contribution >= 4 is 12.0 Å². The molecule has 0 aliphatic rings. The second-order valence-corrected chi connectivity index (χ2v) is 7.30. The molecule has 0 aromatic heterocycles. The molecule has 3 N–H and O–H groups in total. The molecular weight excluding hydrogens is 352 g/mol. The van der Waals surface area contributed by atoms with Crippen molar-refractivity contribution in [3.63, 3.8) is 0 Å². The fourth-order valence-electron chi connectivity index (χ4n) is 3.15. The van der Waals surface area contributed by atoms with Crippen LogP contribution in [0.25, 0.3) is 6.08 Å². The number of aliphatic carboxylic acids is 1. The van der Waals surface area contributed by atoms with Crippen molar-refractivity contribution in [2.24, 2.45) is 0 Å². The molecule has 0 saturated carbocycles. The molecule has 0 amide bonds. The van der Waals surface area contributed by atoms with Gasteiger partial charge in [-0.1, -0.05) is 94.0 Å². The topological polar surface area (TPSA) is 77.8 Å². The van der Waals surface area contributed by atoms with Crippen LogP contribution in [0, 0.1) is 0 Å². The quantitative estimate of drug-likeness (QED) is 0.268. The van der Waals surface area contributed by atoms with Gasteiger partial charge in [0.2, 0.25) is 0 Å². The van der Waals surface area contributed by atoms with E-state index in [-0.39, 0.29) is 6.42 Å². The van der Waals surface area contributed by atoms with Gasteiger partial charge in [-0.2, -0.15) is 0 Å². The molecule has 0 saturated heterocycles. The lowest BCUT2D eigenvalue weighted by molar-refractivity contribution is -0.137. The summed E-state index contributed by atoms with van der Waals surface area (Å²) >= 11 is 0. The Kier molecular flexibility index (Phi) is 13.0. The number of carboxylic acids is 1. The SMILES string of the molecule is CCCCCCCCC(O)C=CC=Cc1ccccc1C(O)CCCC(=O)O. The fourth-order valence-corrected chi connectivity index (χ4v) is 3.15. The lowest BCUT2D eigenvalue weighted by Crippen LogP contribution is -2.02. The maximum absolute atomic E-state index is 10.6. The first-order valence-electron chi connectivity index (χ1n) is 10.6. The summed E-state index contributed by atoms with van der Waals surface area (Å²) in [5.74, 6) is -0.843. The van der Waals surface area contributed by atoms with Crippen molar-refractivity contribution < 1.29 is 20.1 Å². The predicted octanol–water partition coefficient (Wildman–Crippen LogP) is 5.66. The Labute approximate surface area is 169 Å². The predicted molar refractivity (Wildman–Crippen MR) is 115 cm³/mol. The maximum atomic E-state index is 10.6. The molecule has 156 valence electrons. The number of rotatable bonds is 15. The van der Waals surface area contributed by atoms with E-state index in [1.165, 1.54) is 32.1 Å². The summed E-state index contributed by atoms with van der Waals surface area (Å²) in [6.45, 7) is 2.21. The van der Waals surface area contributed by atoms with E-state index >= 15 is 0 Å². The molecular formula is C24H36O4. The van der Waals surface area contributed by atoms with Gasteiger partial charge in [-0.3, -0.25) is 4.79 Å². The van der Waals surface area contributed by atoms with Crippen LogP contribution in [0.3, 0.4) is 0 Å². The highest BCUT2D eigenvalue weighted by Crippen LogP contribution is 2.24. The zero-order chi connectivity index (χ0) is 20.6. The van der Waals surface area contributed by atoms with E-state index < -0.39 is 18.2 Å². The van der Waals surface area contributed by atoms with E-state index in [1.807, 2.05) is 42.5 Å². The number of allylic oxidation sites excluding steroid dienone is 2. The largest absolute Gasteiger partial charge is 0.481 e. The van der Waals surface area contributed by atoms with E-state index in [9.17, 15) is 15.0 Å². The minimum absolute atomic E-state index is 0.0638. The Morgan fingerprint density at radius 3 is 2.43 bits per heavy atom. The van der Waals surface area contributed by atoms with E-state index in [0.29, 0.717) is 12.8 Å². The summed E-state index contributed by atoms with van der Waals surface area (Å²) in [7, 11) is 0. The monoisotopic (exact) mass is 388 g/mol. The van der Waals surface area contributed by atoms with Crippen LogP contribution in [-0.4, -0.2) is 27.4 Å². The number of aliphatic hydroxyl groups is 2. The summed E-state index contributed by atoms with van der Waals surface area (Å²) in [6, 6.07) is 7.56. The number of carboxylic acid groups (broad SMARTS) is 1. The van der Waals surface area contributed by atoms with Crippen LogP contribution in [0.2, 0.25) is 0 Å². The van der Waals surface area contributed by atoms with Gasteiger partial charge in [0, 0.05) is 6.42 Å². The van der Waals surface area contributed by atoms with E-state index in [2.05, 4.69) is 6.92 Å². The number of hydrogen-bond donors (Lipinski definition) is 3. The molecule has 0 radical (unpaired) electrons. The molecule has 28 heavy (non-hydrogen) atoms. The van der Waals surface area contributed by atoms with Gasteiger partial charge >= 0.3 is 5.97 Å². The highest BCUT2D eigenvalue weighted by Gasteiger charge is 2.11. The van der Waals surface area contributed by atoms with Crippen molar-refractivity contribution in [2.75, 3.05) is 0 Å². The molecule has 1 aromatic carbocycles. The fraction of sp³-hybridized carbons (Fsp3) is 0.542. The Bertz CT molecular complexity index is 606. The summed E-state index contributed by atoms with van der Waals surface area (Å²) < 4.78 is 0. The molecule has 4 heteroatoms. The molecule has 1 aromatic rings. The molecule has 1 rings (SSSR count). The van der Waals surface area contributed by atoms with Gasteiger partial charge in [0.25, 0.3) is 0 Å². The first-order valence-corrected chi connectivity index (χ1v) is 10.6. The zero-order valence-corrected chi connectivity index (χ0v) is 17.1. The number of carbonyl (C=O) groups is 1. The van der Waals surface area contributed by atoms with Crippen LogP contribution in [0.5, 0.6) is 0 Å². The zero-order valence-electron chi connectivity index (χ0n) is 17.1. The Morgan fingerprint density at radius 2 is 1.68 bits per heavy atom. The third-order valence-electron chi connectivity index (χ3n) is 4.80. The number of aliphatic hydroxyl groups excluding tert-OH is 2. The summed E-state index contributed by atoms with van der Waals surface area (Å²) in [5, 5.41) is 29.1. The van der Waals surface area contributed by atoms with Gasteiger partial charge in [0.15, 0.2) is 0 Å². The lowest BCUT2D eigenvalue weighted by atomic mass is 9.98. The van der Waals surface area contributed by atoms with Crippen LogP contribution in [0.4, 0.5) is 0 Å². The lowest BCUT2D eigenvalue weighted by Gasteiger charge is -2.13. The normalized spacial score (nSPS) is 14.0. The first-order chi connectivity index (χ1) is 13.5. The highest BCUT2D eigenvalue weighted by atomic mass is 16.4. The number of hydrogen-bond acceptors (Lipinski definition) is 3.